The number of hydrogen-bond donors (Lipinski definition) is 1. The maximum Gasteiger partial charge on any atom is 0.234 e. The molecule has 0 aliphatic carbocycles. The van der Waals surface area contributed by atoms with Gasteiger partial charge >= 0.3 is 0 Å². The van der Waals surface area contributed by atoms with Crippen LogP contribution in [0.15, 0.2) is 53.1 Å². The van der Waals surface area contributed by atoms with Gasteiger partial charge in [-0.05, 0) is 17.7 Å². The topological polar surface area (TPSA) is 65.8 Å². The second-order valence-electron chi connectivity index (χ2n) is 6.22. The quantitative estimate of drug-likeness (QED) is 0.771. The third-order valence-corrected chi connectivity index (χ3v) is 4.33. The fourth-order valence-electron chi connectivity index (χ4n) is 2.88. The Morgan fingerprint density at radius 2 is 1.60 bits per heavy atom. The van der Waals surface area contributed by atoms with E-state index in [4.69, 9.17) is 4.42 Å². The van der Waals surface area contributed by atoms with Crippen molar-refractivity contribution in [2.45, 2.75) is 6.54 Å². The summed E-state index contributed by atoms with van der Waals surface area (Å²) >= 11 is 0. The Morgan fingerprint density at radius 1 is 0.920 bits per heavy atom. The van der Waals surface area contributed by atoms with Crippen LogP contribution in [0.2, 0.25) is 0 Å². The summed E-state index contributed by atoms with van der Waals surface area (Å²) in [5.74, 6) is 0.436. The number of amides is 1. The van der Waals surface area contributed by atoms with Crippen molar-refractivity contribution in [1.82, 2.24) is 15.1 Å². The number of nitrogens with zero attached hydrogens (tertiary/aromatic N) is 2. The Labute approximate surface area is 147 Å². The molecule has 1 fully saturated rings. The minimum atomic E-state index is -0.000876. The van der Waals surface area contributed by atoms with E-state index in [-0.39, 0.29) is 11.7 Å². The van der Waals surface area contributed by atoms with Crippen molar-refractivity contribution in [3.63, 3.8) is 0 Å². The van der Waals surface area contributed by atoms with Gasteiger partial charge in [0.15, 0.2) is 5.76 Å². The van der Waals surface area contributed by atoms with Crippen molar-refractivity contribution < 1.29 is 14.0 Å². The molecule has 25 heavy (non-hydrogen) atoms. The summed E-state index contributed by atoms with van der Waals surface area (Å²) < 4.78 is 5.13. The van der Waals surface area contributed by atoms with E-state index < -0.39 is 0 Å². The molecular formula is C19H23N3O3. The zero-order valence-electron chi connectivity index (χ0n) is 14.2. The molecule has 1 aromatic carbocycles. The Kier molecular flexibility index (Phi) is 5.98. The van der Waals surface area contributed by atoms with Gasteiger partial charge in [-0.2, -0.15) is 0 Å². The molecule has 0 spiro atoms. The first-order valence-corrected chi connectivity index (χ1v) is 8.53. The molecule has 1 aromatic heterocycles. The van der Waals surface area contributed by atoms with Crippen LogP contribution in [0.1, 0.15) is 16.1 Å². The number of Topliss-reactive ketones (excluding diaryl/α,β-unsaturated/α-hetero) is 1. The normalized spacial score (nSPS) is 15.8. The fourth-order valence-corrected chi connectivity index (χ4v) is 2.88. The number of rotatable bonds is 7. The molecule has 6 heteroatoms. The largest absolute Gasteiger partial charge is 0.461 e. The molecule has 0 unspecified atom stereocenters. The van der Waals surface area contributed by atoms with Gasteiger partial charge in [0.1, 0.15) is 0 Å². The maximum atomic E-state index is 12.1. The lowest BCUT2D eigenvalue weighted by molar-refractivity contribution is -0.122. The number of carbonyl (C=O) groups excluding carboxylic acids is 2. The molecule has 1 saturated heterocycles. The van der Waals surface area contributed by atoms with Crippen molar-refractivity contribution in [1.29, 1.82) is 0 Å². The second-order valence-corrected chi connectivity index (χ2v) is 6.22. The van der Waals surface area contributed by atoms with Crippen molar-refractivity contribution in [2.24, 2.45) is 0 Å². The van der Waals surface area contributed by atoms with Gasteiger partial charge in [-0.15, -0.1) is 0 Å². The van der Waals surface area contributed by atoms with E-state index in [1.54, 1.807) is 12.1 Å². The predicted octanol–water partition coefficient (Wildman–Crippen LogP) is 1.40. The molecule has 0 bridgehead atoms. The Morgan fingerprint density at radius 3 is 2.24 bits per heavy atom. The summed E-state index contributed by atoms with van der Waals surface area (Å²) in [4.78, 5) is 28.3. The molecule has 1 aliphatic rings. The lowest BCUT2D eigenvalue weighted by atomic mass is 10.2. The van der Waals surface area contributed by atoms with Gasteiger partial charge in [0, 0.05) is 32.7 Å². The first-order chi connectivity index (χ1) is 12.2. The van der Waals surface area contributed by atoms with Crippen LogP contribution in [-0.4, -0.2) is 60.8 Å². The van der Waals surface area contributed by atoms with Crippen LogP contribution in [0.4, 0.5) is 0 Å². The van der Waals surface area contributed by atoms with Crippen LogP contribution in [0.3, 0.4) is 0 Å². The lowest BCUT2D eigenvalue weighted by Gasteiger charge is -2.33. The van der Waals surface area contributed by atoms with Gasteiger partial charge < -0.3 is 9.73 Å². The van der Waals surface area contributed by atoms with E-state index in [0.717, 1.165) is 31.7 Å². The van der Waals surface area contributed by atoms with E-state index in [9.17, 15) is 9.59 Å². The molecule has 0 atom stereocenters. The fraction of sp³-hybridized carbons (Fsp3) is 0.368. The highest BCUT2D eigenvalue weighted by molar-refractivity contribution is 5.95. The molecule has 132 valence electrons. The van der Waals surface area contributed by atoms with E-state index in [1.807, 2.05) is 30.3 Å². The molecular weight excluding hydrogens is 318 g/mol. The number of hydrogen-bond acceptors (Lipinski definition) is 5. The maximum absolute atomic E-state index is 12.1. The number of furan rings is 1. The Bertz CT molecular complexity index is 677. The summed E-state index contributed by atoms with van der Waals surface area (Å²) in [7, 11) is 0. The summed E-state index contributed by atoms with van der Waals surface area (Å²) in [5, 5.41) is 2.95. The van der Waals surface area contributed by atoms with Crippen LogP contribution in [0.5, 0.6) is 0 Å². The molecule has 2 heterocycles. The standard InChI is InChI=1S/C19H23N3O3/c23-17(18-7-4-12-25-18)14-21-8-10-22(11-9-21)15-19(24)20-13-16-5-2-1-3-6-16/h1-7,12H,8-11,13-15H2,(H,20,24). The summed E-state index contributed by atoms with van der Waals surface area (Å²) in [6.45, 7) is 4.43. The average molecular weight is 341 g/mol. The first kappa shape index (κ1) is 17.4. The van der Waals surface area contributed by atoms with Crippen molar-refractivity contribution in [3.05, 3.63) is 60.1 Å². The zero-order chi connectivity index (χ0) is 17.5. The van der Waals surface area contributed by atoms with E-state index in [2.05, 4.69) is 15.1 Å². The van der Waals surface area contributed by atoms with Gasteiger partial charge in [0.2, 0.25) is 11.7 Å². The average Bonchev–Trinajstić information content (AvgIpc) is 3.17. The molecule has 0 radical (unpaired) electrons. The van der Waals surface area contributed by atoms with Crippen molar-refractivity contribution in [2.75, 3.05) is 39.3 Å². The molecule has 2 aromatic rings. The number of ketones is 1. The highest BCUT2D eigenvalue weighted by Gasteiger charge is 2.21. The first-order valence-electron chi connectivity index (χ1n) is 8.53. The number of nitrogens with one attached hydrogen (secondary N) is 1. The monoisotopic (exact) mass is 341 g/mol. The van der Waals surface area contributed by atoms with Crippen LogP contribution in [-0.2, 0) is 11.3 Å². The third kappa shape index (κ3) is 5.27. The molecule has 1 N–H and O–H groups in total. The minimum Gasteiger partial charge on any atom is -0.461 e. The van der Waals surface area contributed by atoms with Crippen LogP contribution < -0.4 is 5.32 Å². The summed E-state index contributed by atoms with van der Waals surface area (Å²) in [5.41, 5.74) is 1.09. The van der Waals surface area contributed by atoms with Gasteiger partial charge in [-0.25, -0.2) is 0 Å². The van der Waals surface area contributed by atoms with Crippen LogP contribution in [0, 0.1) is 0 Å². The molecule has 0 saturated carbocycles. The molecule has 1 amide bonds. The van der Waals surface area contributed by atoms with Crippen molar-refractivity contribution in [3.8, 4) is 0 Å². The van der Waals surface area contributed by atoms with Gasteiger partial charge in [0.25, 0.3) is 0 Å². The van der Waals surface area contributed by atoms with Crippen molar-refractivity contribution >= 4 is 11.7 Å². The minimum absolute atomic E-state index is 0.000876. The van der Waals surface area contributed by atoms with E-state index >= 15 is 0 Å². The second kappa shape index (κ2) is 8.60. The van der Waals surface area contributed by atoms with Crippen LogP contribution >= 0.6 is 0 Å². The number of carbonyl (C=O) groups is 2. The van der Waals surface area contributed by atoms with Gasteiger partial charge in [-0.3, -0.25) is 19.4 Å². The SMILES string of the molecule is O=C(CN1CCN(CC(=O)c2ccco2)CC1)NCc1ccccc1. The van der Waals surface area contributed by atoms with E-state index in [0.29, 0.717) is 25.4 Å². The smallest absolute Gasteiger partial charge is 0.234 e. The number of benzene rings is 1. The highest BCUT2D eigenvalue weighted by Crippen LogP contribution is 2.06. The van der Waals surface area contributed by atoms with Crippen LogP contribution in [0.25, 0.3) is 0 Å². The molecule has 3 rings (SSSR count). The highest BCUT2D eigenvalue weighted by atomic mass is 16.3. The third-order valence-electron chi connectivity index (χ3n) is 4.33. The van der Waals surface area contributed by atoms with Gasteiger partial charge in [0.05, 0.1) is 19.4 Å². The van der Waals surface area contributed by atoms with E-state index in [1.165, 1.54) is 6.26 Å². The Hall–Kier alpha value is -2.44. The Balaban J connectivity index is 1.36. The number of piperazine rings is 1. The summed E-state index contributed by atoms with van der Waals surface area (Å²) in [6, 6.07) is 13.3. The lowest BCUT2D eigenvalue weighted by Crippen LogP contribution is -2.50. The predicted molar refractivity (Wildman–Crippen MR) is 94.2 cm³/mol. The zero-order valence-corrected chi connectivity index (χ0v) is 14.2. The van der Waals surface area contributed by atoms with Gasteiger partial charge in [-0.1, -0.05) is 30.3 Å². The molecule has 1 aliphatic heterocycles. The summed E-state index contributed by atoms with van der Waals surface area (Å²) in [6.07, 6.45) is 1.51. The molecule has 6 nitrogen and oxygen atoms in total.